The van der Waals surface area contributed by atoms with Crippen LogP contribution in [0.5, 0.6) is 0 Å². The van der Waals surface area contributed by atoms with E-state index in [4.69, 9.17) is 5.21 Å². The Labute approximate surface area is 269 Å². The van der Waals surface area contributed by atoms with Crippen molar-refractivity contribution in [1.29, 1.82) is 0 Å². The fourth-order valence-corrected chi connectivity index (χ4v) is 3.63. The van der Waals surface area contributed by atoms with Gasteiger partial charge in [-0.15, -0.1) is 0 Å². The summed E-state index contributed by atoms with van der Waals surface area (Å²) in [6.07, 6.45) is 1.21. The van der Waals surface area contributed by atoms with Crippen LogP contribution in [0.2, 0.25) is 0 Å². The van der Waals surface area contributed by atoms with Crippen LogP contribution >= 0.6 is 0 Å². The van der Waals surface area contributed by atoms with Crippen molar-refractivity contribution in [2.24, 2.45) is 11.8 Å². The molecule has 0 saturated carbocycles. The van der Waals surface area contributed by atoms with E-state index in [9.17, 15) is 32.3 Å². The predicted octanol–water partition coefficient (Wildman–Crippen LogP) is 6.64. The van der Waals surface area contributed by atoms with E-state index in [-0.39, 0.29) is 49.6 Å². The number of nitrogens with zero attached hydrogens (tertiary/aromatic N) is 1. The van der Waals surface area contributed by atoms with Crippen LogP contribution in [0.4, 0.5) is 13.2 Å². The standard InChI is InChI=1S/C24H35F3N4O5.C4H10.C3H8.C2H6/c1-4-17(15-20(32)30-36)23(35)28-12-9-21(33)31-13-10-19(11-14-31)29-22(34)16(3)7-6-8-18(5-2)24(25,26)27;1-4(2)3;1-3-2;1-2/h5,7-8,17,19,36H,2,4,6,9-15H2,1,3H3,(H,28,35)(H,29,34)(H,30,32);4H,1-3H3;3H2,1-2H3;1-2H3/b16-7+,18-8?;;;. The van der Waals surface area contributed by atoms with Crippen LogP contribution < -0.4 is 16.1 Å². The first-order valence-electron chi connectivity index (χ1n) is 15.9. The summed E-state index contributed by atoms with van der Waals surface area (Å²) in [5.74, 6) is -1.31. The number of carbonyl (C=O) groups is 4. The maximum atomic E-state index is 12.7. The molecule has 12 heteroatoms. The summed E-state index contributed by atoms with van der Waals surface area (Å²) in [5.41, 5.74) is 0.932. The molecule has 1 atom stereocenters. The average molecular weight is 649 g/mol. The Bertz CT molecular complexity index is 923. The molecule has 1 rings (SSSR count). The molecule has 1 aliphatic rings. The van der Waals surface area contributed by atoms with Gasteiger partial charge < -0.3 is 15.5 Å². The van der Waals surface area contributed by atoms with Crippen molar-refractivity contribution in [3.8, 4) is 0 Å². The number of rotatable bonds is 12. The summed E-state index contributed by atoms with van der Waals surface area (Å²) in [4.78, 5) is 49.8. The number of halogens is 3. The van der Waals surface area contributed by atoms with E-state index in [1.807, 2.05) is 13.8 Å². The van der Waals surface area contributed by atoms with Crippen LogP contribution in [0, 0.1) is 11.8 Å². The van der Waals surface area contributed by atoms with Crippen LogP contribution in [0.15, 0.2) is 36.0 Å². The van der Waals surface area contributed by atoms with Crippen molar-refractivity contribution in [2.45, 2.75) is 119 Å². The maximum absolute atomic E-state index is 12.7. The Hall–Kier alpha value is -3.15. The summed E-state index contributed by atoms with van der Waals surface area (Å²) in [6.45, 7) is 22.1. The first kappa shape index (κ1) is 46.3. The molecule has 1 saturated heterocycles. The van der Waals surface area contributed by atoms with Crippen LogP contribution in [0.1, 0.15) is 107 Å². The van der Waals surface area contributed by atoms with Crippen molar-refractivity contribution < 1.29 is 37.6 Å². The quantitative estimate of drug-likeness (QED) is 0.0817. The monoisotopic (exact) mass is 648 g/mol. The fraction of sp³-hybridized carbons (Fsp3) is 0.697. The van der Waals surface area contributed by atoms with Gasteiger partial charge in [0.1, 0.15) is 0 Å². The molecule has 1 heterocycles. The third-order valence-electron chi connectivity index (χ3n) is 5.91. The van der Waals surface area contributed by atoms with Gasteiger partial charge >= 0.3 is 6.18 Å². The lowest BCUT2D eigenvalue weighted by atomic mass is 10.0. The molecule has 0 radical (unpaired) electrons. The molecule has 0 aromatic rings. The Morgan fingerprint density at radius 3 is 1.96 bits per heavy atom. The zero-order valence-electron chi connectivity index (χ0n) is 28.9. The van der Waals surface area contributed by atoms with Gasteiger partial charge in [0, 0.05) is 50.0 Å². The maximum Gasteiger partial charge on any atom is 0.416 e. The number of hydroxylamine groups is 1. The number of nitrogens with one attached hydrogen (secondary N) is 3. The average Bonchev–Trinajstić information content (AvgIpc) is 2.98. The highest BCUT2D eigenvalue weighted by Crippen LogP contribution is 2.26. The number of amides is 4. The van der Waals surface area contributed by atoms with Crippen molar-refractivity contribution in [3.05, 3.63) is 36.0 Å². The molecule has 4 N–H and O–H groups in total. The molecule has 1 fully saturated rings. The Balaban J connectivity index is -0.00000174. The highest BCUT2D eigenvalue weighted by molar-refractivity contribution is 5.93. The van der Waals surface area contributed by atoms with Gasteiger partial charge in [-0.3, -0.25) is 24.4 Å². The topological polar surface area (TPSA) is 128 Å². The number of alkyl halides is 3. The van der Waals surface area contributed by atoms with Gasteiger partial charge in [-0.05, 0) is 38.5 Å². The predicted molar refractivity (Wildman–Crippen MR) is 174 cm³/mol. The molecule has 0 bridgehead atoms. The van der Waals surface area contributed by atoms with E-state index < -0.39 is 23.6 Å². The van der Waals surface area contributed by atoms with Crippen molar-refractivity contribution in [1.82, 2.24) is 21.0 Å². The smallest absolute Gasteiger partial charge is 0.355 e. The summed E-state index contributed by atoms with van der Waals surface area (Å²) in [5, 5.41) is 14.1. The number of hydrogen-bond donors (Lipinski definition) is 4. The normalized spacial score (nSPS) is 14.3. The molecule has 9 nitrogen and oxygen atoms in total. The number of hydrogen-bond acceptors (Lipinski definition) is 5. The van der Waals surface area contributed by atoms with Crippen LogP contribution in [-0.4, -0.2) is 65.6 Å². The number of piperidine rings is 1. The second-order valence-corrected chi connectivity index (χ2v) is 10.9. The third kappa shape index (κ3) is 23.8. The van der Waals surface area contributed by atoms with Crippen LogP contribution in [-0.2, 0) is 19.2 Å². The van der Waals surface area contributed by atoms with E-state index in [1.54, 1.807) is 11.8 Å². The summed E-state index contributed by atoms with van der Waals surface area (Å²) < 4.78 is 38.1. The van der Waals surface area contributed by atoms with E-state index in [0.29, 0.717) is 37.9 Å². The van der Waals surface area contributed by atoms with Crippen LogP contribution in [0.3, 0.4) is 0 Å². The lowest BCUT2D eigenvalue weighted by Crippen LogP contribution is -2.47. The molecule has 0 aliphatic carbocycles. The van der Waals surface area contributed by atoms with Crippen LogP contribution in [0.25, 0.3) is 0 Å². The van der Waals surface area contributed by atoms with Gasteiger partial charge in [-0.2, -0.15) is 13.2 Å². The van der Waals surface area contributed by atoms with Gasteiger partial charge in [0.2, 0.25) is 23.6 Å². The van der Waals surface area contributed by atoms with Crippen molar-refractivity contribution in [3.63, 3.8) is 0 Å². The van der Waals surface area contributed by atoms with Gasteiger partial charge in [0.15, 0.2) is 0 Å². The summed E-state index contributed by atoms with van der Waals surface area (Å²) in [7, 11) is 0. The molecule has 4 amide bonds. The molecule has 45 heavy (non-hydrogen) atoms. The SMILES string of the molecule is C=CC(=CC/C=C(\C)C(=O)NC1CCN(C(=O)CCNC(=O)C(CC)CC(=O)NO)CC1)C(F)(F)F.CC.CC(C)C.CCC. The Kier molecular flexibility index (Phi) is 28.0. The minimum Gasteiger partial charge on any atom is -0.355 e. The van der Waals surface area contributed by atoms with E-state index in [2.05, 4.69) is 51.8 Å². The highest BCUT2D eigenvalue weighted by Gasteiger charge is 2.31. The largest absolute Gasteiger partial charge is 0.416 e. The minimum absolute atomic E-state index is 0.0583. The minimum atomic E-state index is -4.49. The zero-order valence-corrected chi connectivity index (χ0v) is 28.9. The zero-order chi connectivity index (χ0) is 35.6. The first-order chi connectivity index (χ1) is 21.1. The lowest BCUT2D eigenvalue weighted by molar-refractivity contribution is -0.135. The Morgan fingerprint density at radius 1 is 1.02 bits per heavy atom. The van der Waals surface area contributed by atoms with E-state index in [0.717, 1.165) is 18.1 Å². The third-order valence-corrected chi connectivity index (χ3v) is 5.91. The van der Waals surface area contributed by atoms with Crippen molar-refractivity contribution in [2.75, 3.05) is 19.6 Å². The molecule has 0 spiro atoms. The molecular weight excluding hydrogens is 589 g/mol. The van der Waals surface area contributed by atoms with Gasteiger partial charge in [0.05, 0.1) is 5.57 Å². The van der Waals surface area contributed by atoms with Gasteiger partial charge in [-0.1, -0.05) is 86.6 Å². The number of likely N-dealkylation sites (tertiary alicyclic amines) is 1. The Morgan fingerprint density at radius 2 is 1.53 bits per heavy atom. The van der Waals surface area contributed by atoms with E-state index in [1.165, 1.54) is 24.9 Å². The summed E-state index contributed by atoms with van der Waals surface area (Å²) in [6, 6.07) is -0.165. The highest BCUT2D eigenvalue weighted by atomic mass is 19.4. The molecule has 1 aliphatic heterocycles. The van der Waals surface area contributed by atoms with Crippen molar-refractivity contribution >= 4 is 23.6 Å². The number of carbonyl (C=O) groups excluding carboxylic acids is 4. The molecule has 0 aromatic carbocycles. The summed E-state index contributed by atoms with van der Waals surface area (Å²) >= 11 is 0. The molecule has 262 valence electrons. The lowest BCUT2D eigenvalue weighted by Gasteiger charge is -2.32. The second kappa shape index (κ2) is 27.2. The first-order valence-corrected chi connectivity index (χ1v) is 15.9. The molecule has 0 aromatic heterocycles. The van der Waals surface area contributed by atoms with E-state index >= 15 is 0 Å². The molecular formula is C33H59F3N4O5. The van der Waals surface area contributed by atoms with Gasteiger partial charge in [0.25, 0.3) is 0 Å². The number of allylic oxidation sites excluding steroid dienone is 4. The molecule has 1 unspecified atom stereocenters. The second-order valence-electron chi connectivity index (χ2n) is 10.9. The van der Waals surface area contributed by atoms with Gasteiger partial charge in [-0.25, -0.2) is 5.48 Å². The fourth-order valence-electron chi connectivity index (χ4n) is 3.63.